The monoisotopic (exact) mass is 313 g/mol. The molecule has 0 aliphatic carbocycles. The molecular formula is C16H19N5O2. The summed E-state index contributed by atoms with van der Waals surface area (Å²) in [5, 5.41) is 9.28. The van der Waals surface area contributed by atoms with Crippen LogP contribution in [0.25, 0.3) is 11.3 Å². The summed E-state index contributed by atoms with van der Waals surface area (Å²) in [5.41, 5.74) is 12.6. The van der Waals surface area contributed by atoms with Crippen LogP contribution in [0.15, 0.2) is 18.2 Å². The molecule has 4 N–H and O–H groups in total. The van der Waals surface area contributed by atoms with Crippen LogP contribution < -0.4 is 20.9 Å². The van der Waals surface area contributed by atoms with Crippen molar-refractivity contribution in [2.45, 2.75) is 26.4 Å². The number of benzene rings is 1. The van der Waals surface area contributed by atoms with E-state index in [-0.39, 0.29) is 23.4 Å². The number of nitrogens with zero attached hydrogens (tertiary/aromatic N) is 3. The van der Waals surface area contributed by atoms with Crippen molar-refractivity contribution < 1.29 is 9.47 Å². The molecule has 2 rings (SSSR count). The van der Waals surface area contributed by atoms with E-state index in [2.05, 4.69) is 9.97 Å². The van der Waals surface area contributed by atoms with Gasteiger partial charge in [0.2, 0.25) is 5.95 Å². The van der Waals surface area contributed by atoms with Crippen LogP contribution in [-0.4, -0.2) is 23.2 Å². The zero-order chi connectivity index (χ0) is 17.0. The number of rotatable bonds is 5. The second kappa shape index (κ2) is 6.83. The lowest BCUT2D eigenvalue weighted by Crippen LogP contribution is -2.10. The molecule has 0 saturated heterocycles. The van der Waals surface area contributed by atoms with Crippen molar-refractivity contribution in [3.63, 3.8) is 0 Å². The average molecular weight is 313 g/mol. The molecule has 0 aliphatic heterocycles. The molecule has 1 aromatic heterocycles. The zero-order valence-corrected chi connectivity index (χ0v) is 13.3. The van der Waals surface area contributed by atoms with Gasteiger partial charge in [-0.15, -0.1) is 0 Å². The van der Waals surface area contributed by atoms with Crippen molar-refractivity contribution >= 4 is 11.8 Å². The summed E-state index contributed by atoms with van der Waals surface area (Å²) >= 11 is 0. The second-order valence-corrected chi connectivity index (χ2v) is 5.00. The largest absolute Gasteiger partial charge is 0.493 e. The standard InChI is InChI=1S/C16H19N5O2/c1-4-9(2)23-12-6-5-10(7-13(12)22-3)14-11(8-17)15(18)21-16(19)20-14/h5-7,9H,4H2,1-3H3,(H4,18,19,20,21). The van der Waals surface area contributed by atoms with Gasteiger partial charge in [-0.05, 0) is 31.5 Å². The van der Waals surface area contributed by atoms with Gasteiger partial charge in [0, 0.05) is 5.56 Å². The van der Waals surface area contributed by atoms with Crippen LogP contribution in [0, 0.1) is 11.3 Å². The van der Waals surface area contributed by atoms with Crippen LogP contribution in [0.4, 0.5) is 11.8 Å². The highest BCUT2D eigenvalue weighted by molar-refractivity contribution is 5.74. The minimum atomic E-state index is 0.00963. The molecule has 2 aromatic rings. The van der Waals surface area contributed by atoms with Crippen molar-refractivity contribution in [2.75, 3.05) is 18.6 Å². The summed E-state index contributed by atoms with van der Waals surface area (Å²) in [5.74, 6) is 1.23. The van der Waals surface area contributed by atoms with Gasteiger partial charge in [-0.2, -0.15) is 10.2 Å². The number of hydrogen-bond acceptors (Lipinski definition) is 7. The predicted octanol–water partition coefficient (Wildman–Crippen LogP) is 2.37. The minimum absolute atomic E-state index is 0.00963. The topological polar surface area (TPSA) is 120 Å². The molecule has 0 spiro atoms. The van der Waals surface area contributed by atoms with E-state index in [0.717, 1.165) is 6.42 Å². The Morgan fingerprint density at radius 1 is 1.26 bits per heavy atom. The molecule has 1 aromatic carbocycles. The molecule has 1 atom stereocenters. The van der Waals surface area contributed by atoms with E-state index >= 15 is 0 Å². The summed E-state index contributed by atoms with van der Waals surface area (Å²) in [7, 11) is 1.55. The van der Waals surface area contributed by atoms with Gasteiger partial charge in [0.05, 0.1) is 18.9 Å². The first kappa shape index (κ1) is 16.4. The Morgan fingerprint density at radius 3 is 2.61 bits per heavy atom. The number of ether oxygens (including phenoxy) is 2. The maximum absolute atomic E-state index is 9.28. The third-order valence-corrected chi connectivity index (χ3v) is 3.41. The van der Waals surface area contributed by atoms with E-state index in [0.29, 0.717) is 22.8 Å². The van der Waals surface area contributed by atoms with Gasteiger partial charge < -0.3 is 20.9 Å². The molecule has 0 saturated carbocycles. The molecule has 7 nitrogen and oxygen atoms in total. The highest BCUT2D eigenvalue weighted by atomic mass is 16.5. The molecule has 23 heavy (non-hydrogen) atoms. The molecule has 1 heterocycles. The maximum Gasteiger partial charge on any atom is 0.222 e. The molecule has 0 bridgehead atoms. The fourth-order valence-corrected chi connectivity index (χ4v) is 2.03. The molecular weight excluding hydrogens is 294 g/mol. The smallest absolute Gasteiger partial charge is 0.222 e. The number of nitrogens with two attached hydrogens (primary N) is 2. The van der Waals surface area contributed by atoms with E-state index < -0.39 is 0 Å². The number of anilines is 2. The van der Waals surface area contributed by atoms with Crippen LogP contribution in [-0.2, 0) is 0 Å². The predicted molar refractivity (Wildman–Crippen MR) is 87.9 cm³/mol. The Balaban J connectivity index is 2.52. The summed E-state index contributed by atoms with van der Waals surface area (Å²) in [6.45, 7) is 4.02. The molecule has 0 amide bonds. The Morgan fingerprint density at radius 2 is 2.00 bits per heavy atom. The fraction of sp³-hybridized carbons (Fsp3) is 0.312. The summed E-state index contributed by atoms with van der Waals surface area (Å²) in [6, 6.07) is 7.30. The van der Waals surface area contributed by atoms with Gasteiger partial charge in [0.15, 0.2) is 11.5 Å². The first-order valence-corrected chi connectivity index (χ1v) is 7.18. The SMILES string of the molecule is CCC(C)Oc1ccc(-c2nc(N)nc(N)c2C#N)cc1OC. The van der Waals surface area contributed by atoms with E-state index in [1.54, 1.807) is 25.3 Å². The Hall–Kier alpha value is -3.01. The number of hydrogen-bond donors (Lipinski definition) is 2. The number of aromatic nitrogens is 2. The Bertz CT molecular complexity index is 755. The maximum atomic E-state index is 9.28. The quantitative estimate of drug-likeness (QED) is 0.869. The second-order valence-electron chi connectivity index (χ2n) is 5.00. The van der Waals surface area contributed by atoms with Gasteiger partial charge in [0.25, 0.3) is 0 Å². The van der Waals surface area contributed by atoms with Crippen molar-refractivity contribution in [3.8, 4) is 28.8 Å². The fourth-order valence-electron chi connectivity index (χ4n) is 2.03. The van der Waals surface area contributed by atoms with Crippen LogP contribution >= 0.6 is 0 Å². The van der Waals surface area contributed by atoms with E-state index in [4.69, 9.17) is 20.9 Å². The average Bonchev–Trinajstić information content (AvgIpc) is 2.54. The molecule has 1 unspecified atom stereocenters. The van der Waals surface area contributed by atoms with E-state index in [1.807, 2.05) is 19.9 Å². The van der Waals surface area contributed by atoms with Crippen molar-refractivity contribution in [1.29, 1.82) is 5.26 Å². The first-order chi connectivity index (χ1) is 11.0. The van der Waals surface area contributed by atoms with Crippen molar-refractivity contribution in [1.82, 2.24) is 9.97 Å². The van der Waals surface area contributed by atoms with E-state index in [9.17, 15) is 5.26 Å². The Kier molecular flexibility index (Phi) is 4.86. The van der Waals surface area contributed by atoms with Gasteiger partial charge in [0.1, 0.15) is 17.5 Å². The first-order valence-electron chi connectivity index (χ1n) is 7.18. The van der Waals surface area contributed by atoms with Gasteiger partial charge in [-0.3, -0.25) is 0 Å². The third-order valence-electron chi connectivity index (χ3n) is 3.41. The highest BCUT2D eigenvalue weighted by Gasteiger charge is 2.16. The summed E-state index contributed by atoms with van der Waals surface area (Å²) in [6.07, 6.45) is 0.942. The molecule has 0 aliphatic rings. The third kappa shape index (κ3) is 3.43. The zero-order valence-electron chi connectivity index (χ0n) is 13.3. The van der Waals surface area contributed by atoms with Crippen LogP contribution in [0.2, 0.25) is 0 Å². The lowest BCUT2D eigenvalue weighted by Gasteiger charge is -2.16. The molecule has 120 valence electrons. The lowest BCUT2D eigenvalue weighted by molar-refractivity contribution is 0.207. The van der Waals surface area contributed by atoms with Gasteiger partial charge in [-0.25, -0.2) is 4.98 Å². The van der Waals surface area contributed by atoms with Crippen molar-refractivity contribution in [3.05, 3.63) is 23.8 Å². The molecule has 0 fully saturated rings. The Labute approximate surface area is 134 Å². The summed E-state index contributed by atoms with van der Waals surface area (Å²) < 4.78 is 11.2. The van der Waals surface area contributed by atoms with Crippen LogP contribution in [0.1, 0.15) is 25.8 Å². The highest BCUT2D eigenvalue weighted by Crippen LogP contribution is 2.34. The molecule has 0 radical (unpaired) electrons. The van der Waals surface area contributed by atoms with Gasteiger partial charge in [-0.1, -0.05) is 6.92 Å². The van der Waals surface area contributed by atoms with Crippen molar-refractivity contribution in [2.24, 2.45) is 0 Å². The minimum Gasteiger partial charge on any atom is -0.493 e. The number of nitrogen functional groups attached to an aromatic ring is 2. The van der Waals surface area contributed by atoms with E-state index in [1.165, 1.54) is 0 Å². The summed E-state index contributed by atoms with van der Waals surface area (Å²) in [4.78, 5) is 7.93. The normalized spacial score (nSPS) is 11.6. The molecule has 7 heteroatoms. The number of nitriles is 1. The van der Waals surface area contributed by atoms with Crippen LogP contribution in [0.3, 0.4) is 0 Å². The van der Waals surface area contributed by atoms with Gasteiger partial charge >= 0.3 is 0 Å². The van der Waals surface area contributed by atoms with Crippen LogP contribution in [0.5, 0.6) is 11.5 Å². The lowest BCUT2D eigenvalue weighted by atomic mass is 10.1. The number of methoxy groups -OCH3 is 1.